The van der Waals surface area contributed by atoms with Crippen LogP contribution in [0.4, 0.5) is 0 Å². The zero-order valence-electron chi connectivity index (χ0n) is 17.6. The van der Waals surface area contributed by atoms with Crippen molar-refractivity contribution in [2.24, 2.45) is 11.8 Å². The summed E-state index contributed by atoms with van der Waals surface area (Å²) >= 11 is 1.29. The number of amides is 1. The van der Waals surface area contributed by atoms with Crippen molar-refractivity contribution in [1.29, 1.82) is 0 Å². The topological polar surface area (TPSA) is 95.1 Å². The van der Waals surface area contributed by atoms with Crippen molar-refractivity contribution in [2.75, 3.05) is 11.6 Å². The number of nitrogen functional groups attached to an aromatic ring is 1. The molecule has 0 unspecified atom stereocenters. The van der Waals surface area contributed by atoms with Gasteiger partial charge in [0.1, 0.15) is 12.4 Å². The van der Waals surface area contributed by atoms with Crippen LogP contribution in [-0.4, -0.2) is 32.6 Å². The number of hydrogen-bond donors (Lipinski definition) is 2. The van der Waals surface area contributed by atoms with Crippen LogP contribution < -0.4 is 15.9 Å². The largest absolute Gasteiger partial charge is 0.485 e. The Bertz CT molecular complexity index is 854. The second-order valence-corrected chi connectivity index (χ2v) is 9.00. The van der Waals surface area contributed by atoms with Gasteiger partial charge < -0.3 is 15.9 Å². The fourth-order valence-electron chi connectivity index (χ4n) is 3.77. The minimum absolute atomic E-state index is 0.0111. The van der Waals surface area contributed by atoms with E-state index in [4.69, 9.17) is 10.6 Å². The van der Waals surface area contributed by atoms with Gasteiger partial charge in [-0.1, -0.05) is 56.1 Å². The number of ether oxygens (including phenoxy) is 1. The number of thioether (sulfide) groups is 1. The zero-order chi connectivity index (χ0) is 21.0. The van der Waals surface area contributed by atoms with E-state index in [2.05, 4.69) is 35.4 Å². The van der Waals surface area contributed by atoms with Crippen molar-refractivity contribution < 1.29 is 9.53 Å². The van der Waals surface area contributed by atoms with Crippen molar-refractivity contribution in [3.8, 4) is 5.75 Å². The van der Waals surface area contributed by atoms with Crippen LogP contribution in [0, 0.1) is 25.7 Å². The molecule has 2 aromatic rings. The molecule has 3 rings (SSSR count). The number of aromatic nitrogens is 3. The van der Waals surface area contributed by atoms with Gasteiger partial charge in [0.25, 0.3) is 0 Å². The summed E-state index contributed by atoms with van der Waals surface area (Å²) in [7, 11) is 0. The van der Waals surface area contributed by atoms with E-state index in [-0.39, 0.29) is 24.3 Å². The average molecular weight is 418 g/mol. The van der Waals surface area contributed by atoms with Crippen molar-refractivity contribution in [3.63, 3.8) is 0 Å². The molecule has 0 saturated heterocycles. The Morgan fingerprint density at radius 2 is 2.10 bits per heavy atom. The Morgan fingerprint density at radius 1 is 1.31 bits per heavy atom. The van der Waals surface area contributed by atoms with Crippen LogP contribution in [0.15, 0.2) is 23.4 Å². The normalized spacial score (nSPS) is 21.7. The van der Waals surface area contributed by atoms with Gasteiger partial charge in [-0.3, -0.25) is 4.79 Å². The third kappa shape index (κ3) is 5.44. The van der Waals surface area contributed by atoms with Crippen LogP contribution in [0.25, 0.3) is 0 Å². The first-order valence-corrected chi connectivity index (χ1v) is 11.1. The highest BCUT2D eigenvalue weighted by Gasteiger charge is 2.28. The minimum atomic E-state index is 0.0111. The molecule has 0 spiro atoms. The van der Waals surface area contributed by atoms with E-state index in [1.165, 1.54) is 34.8 Å². The maximum Gasteiger partial charge on any atom is 0.230 e. The Hall–Kier alpha value is -2.22. The monoisotopic (exact) mass is 417 g/mol. The van der Waals surface area contributed by atoms with Gasteiger partial charge in [-0.05, 0) is 43.7 Å². The van der Waals surface area contributed by atoms with Crippen molar-refractivity contribution in [1.82, 2.24) is 20.2 Å². The molecule has 0 aliphatic heterocycles. The highest BCUT2D eigenvalue weighted by Crippen LogP contribution is 2.29. The summed E-state index contributed by atoms with van der Waals surface area (Å²) in [4.78, 5) is 12.4. The quantitative estimate of drug-likeness (QED) is 0.531. The number of nitrogens with zero attached hydrogens (tertiary/aromatic N) is 3. The first-order chi connectivity index (χ1) is 13.8. The molecule has 8 heteroatoms. The molecule has 1 saturated carbocycles. The number of rotatable bonds is 7. The molecule has 1 fully saturated rings. The number of nitrogens with one attached hydrogen (secondary N) is 1. The van der Waals surface area contributed by atoms with Gasteiger partial charge in [-0.2, -0.15) is 0 Å². The minimum Gasteiger partial charge on any atom is -0.485 e. The Kier molecular flexibility index (Phi) is 7.05. The second-order valence-electron chi connectivity index (χ2n) is 8.06. The predicted octanol–water partition coefficient (Wildman–Crippen LogP) is 3.22. The summed E-state index contributed by atoms with van der Waals surface area (Å²) in [6.45, 7) is 8.75. The van der Waals surface area contributed by atoms with Crippen LogP contribution in [0.5, 0.6) is 5.75 Å². The lowest BCUT2D eigenvalue weighted by molar-refractivity contribution is -0.120. The van der Waals surface area contributed by atoms with E-state index in [0.717, 1.165) is 17.7 Å². The van der Waals surface area contributed by atoms with Gasteiger partial charge >= 0.3 is 0 Å². The molecule has 3 N–H and O–H groups in total. The van der Waals surface area contributed by atoms with Crippen molar-refractivity contribution in [2.45, 2.75) is 64.8 Å². The molecule has 7 nitrogen and oxygen atoms in total. The third-order valence-corrected chi connectivity index (χ3v) is 6.75. The molecular weight excluding hydrogens is 386 g/mol. The molecule has 1 aliphatic carbocycles. The van der Waals surface area contributed by atoms with Crippen LogP contribution in [0.3, 0.4) is 0 Å². The zero-order valence-corrected chi connectivity index (χ0v) is 18.5. The van der Waals surface area contributed by atoms with Crippen LogP contribution in [0.1, 0.15) is 50.1 Å². The molecule has 0 bridgehead atoms. The second kappa shape index (κ2) is 9.52. The fourth-order valence-corrected chi connectivity index (χ4v) is 4.46. The summed E-state index contributed by atoms with van der Waals surface area (Å²) in [6.07, 6.45) is 3.46. The van der Waals surface area contributed by atoms with E-state index in [9.17, 15) is 4.79 Å². The number of aryl methyl sites for hydroxylation is 2. The number of carbonyl (C=O) groups excluding carboxylic acids is 1. The first kappa shape index (κ1) is 21.5. The standard InChI is InChI=1S/C21H31N5O2S/c1-13-8-9-18(15(3)10-13)28-11-19-24-25-21(26(19)22)29-12-20(27)23-17-7-5-6-14(2)16(17)4/h8-10,14,16-17H,5-7,11-12,22H2,1-4H3,(H,23,27)/t14-,16+,17-/m1/s1. The maximum atomic E-state index is 12.4. The lowest BCUT2D eigenvalue weighted by Crippen LogP contribution is -2.44. The number of hydrogen-bond acceptors (Lipinski definition) is 6. The molecule has 1 aliphatic rings. The lowest BCUT2D eigenvalue weighted by Gasteiger charge is -2.34. The molecule has 158 valence electrons. The Morgan fingerprint density at radius 3 is 2.86 bits per heavy atom. The molecule has 0 radical (unpaired) electrons. The number of benzene rings is 1. The summed E-state index contributed by atoms with van der Waals surface area (Å²) in [5, 5.41) is 11.9. The third-order valence-electron chi connectivity index (χ3n) is 5.81. The molecular formula is C21H31N5O2S. The highest BCUT2D eigenvalue weighted by molar-refractivity contribution is 7.99. The first-order valence-electron chi connectivity index (χ1n) is 10.2. The summed E-state index contributed by atoms with van der Waals surface area (Å²) in [5.74, 6) is 8.84. The smallest absolute Gasteiger partial charge is 0.230 e. The van der Waals surface area contributed by atoms with Gasteiger partial charge in [0.2, 0.25) is 11.1 Å². The number of nitrogens with two attached hydrogens (primary N) is 1. The predicted molar refractivity (Wildman–Crippen MR) is 115 cm³/mol. The molecule has 3 atom stereocenters. The summed E-state index contributed by atoms with van der Waals surface area (Å²) < 4.78 is 7.22. The van der Waals surface area contributed by atoms with E-state index in [0.29, 0.717) is 22.8 Å². The Labute approximate surface area is 176 Å². The van der Waals surface area contributed by atoms with E-state index < -0.39 is 0 Å². The van der Waals surface area contributed by atoms with Crippen molar-refractivity contribution >= 4 is 17.7 Å². The van der Waals surface area contributed by atoms with Crippen LogP contribution in [-0.2, 0) is 11.4 Å². The van der Waals surface area contributed by atoms with Gasteiger partial charge in [-0.25, -0.2) is 4.68 Å². The van der Waals surface area contributed by atoms with Crippen LogP contribution in [0.2, 0.25) is 0 Å². The van der Waals surface area contributed by atoms with Gasteiger partial charge in [0.15, 0.2) is 5.82 Å². The molecule has 1 amide bonds. The van der Waals surface area contributed by atoms with Crippen molar-refractivity contribution in [3.05, 3.63) is 35.2 Å². The van der Waals surface area contributed by atoms with Gasteiger partial charge in [0, 0.05) is 6.04 Å². The maximum absolute atomic E-state index is 12.4. The molecule has 1 heterocycles. The van der Waals surface area contributed by atoms with E-state index >= 15 is 0 Å². The van der Waals surface area contributed by atoms with Crippen LogP contribution >= 0.6 is 11.8 Å². The fraction of sp³-hybridized carbons (Fsp3) is 0.571. The van der Waals surface area contributed by atoms with E-state index in [1.54, 1.807) is 0 Å². The summed E-state index contributed by atoms with van der Waals surface area (Å²) in [5.41, 5.74) is 2.25. The molecule has 29 heavy (non-hydrogen) atoms. The Balaban J connectivity index is 1.51. The average Bonchev–Trinajstić information content (AvgIpc) is 3.03. The summed E-state index contributed by atoms with van der Waals surface area (Å²) in [6, 6.07) is 6.26. The van der Waals surface area contributed by atoms with E-state index in [1.807, 2.05) is 26.0 Å². The van der Waals surface area contributed by atoms with Gasteiger partial charge in [-0.15, -0.1) is 10.2 Å². The lowest BCUT2D eigenvalue weighted by atomic mass is 9.78. The SMILES string of the molecule is Cc1ccc(OCc2nnc(SCC(=O)N[C@@H]3CCC[C@@H](C)[C@@H]3C)n2N)c(C)c1. The van der Waals surface area contributed by atoms with Gasteiger partial charge in [0.05, 0.1) is 5.75 Å². The molecule has 1 aromatic carbocycles. The molecule has 1 aromatic heterocycles. The number of carbonyl (C=O) groups is 1. The highest BCUT2D eigenvalue weighted by atomic mass is 32.2.